The van der Waals surface area contributed by atoms with E-state index in [2.05, 4.69) is 5.32 Å². The van der Waals surface area contributed by atoms with E-state index in [1.807, 2.05) is 12.1 Å². The van der Waals surface area contributed by atoms with Gasteiger partial charge in [0.25, 0.3) is 0 Å². The van der Waals surface area contributed by atoms with Gasteiger partial charge in [0.1, 0.15) is 6.61 Å². The predicted octanol–water partition coefficient (Wildman–Crippen LogP) is 1.65. The fourth-order valence-electron chi connectivity index (χ4n) is 2.03. The van der Waals surface area contributed by atoms with Gasteiger partial charge in [-0.2, -0.15) is 0 Å². The summed E-state index contributed by atoms with van der Waals surface area (Å²) in [6.45, 7) is 2.26. The van der Waals surface area contributed by atoms with Crippen LogP contribution in [0.25, 0.3) is 0 Å². The first-order valence-corrected chi connectivity index (χ1v) is 6.55. The molecule has 0 radical (unpaired) electrons. The normalized spacial score (nSPS) is 16.2. The monoisotopic (exact) mass is 264 g/mol. The highest BCUT2D eigenvalue weighted by Crippen LogP contribution is 2.17. The van der Waals surface area contributed by atoms with E-state index in [1.165, 1.54) is 0 Å². The average molecular weight is 264 g/mol. The van der Waals surface area contributed by atoms with Crippen molar-refractivity contribution in [2.45, 2.75) is 12.8 Å². The van der Waals surface area contributed by atoms with Crippen molar-refractivity contribution in [2.24, 2.45) is 5.92 Å². The molecule has 0 aromatic heterocycles. The Balaban J connectivity index is 1.68. The second kappa shape index (κ2) is 7.11. The smallest absolute Gasteiger partial charge is 0.250 e. The summed E-state index contributed by atoms with van der Waals surface area (Å²) in [5.41, 5.74) is 6.93. The molecule has 2 rings (SSSR count). The second-order valence-electron chi connectivity index (χ2n) is 4.71. The maximum absolute atomic E-state index is 11.7. The molecule has 5 heteroatoms. The maximum atomic E-state index is 11.7. The highest BCUT2D eigenvalue weighted by Gasteiger charge is 2.14. The number of nitrogen functional groups attached to an aromatic ring is 1. The van der Waals surface area contributed by atoms with Crippen LogP contribution in [0.4, 0.5) is 11.4 Å². The third-order valence-electron chi connectivity index (χ3n) is 3.16. The third kappa shape index (κ3) is 4.54. The van der Waals surface area contributed by atoms with Gasteiger partial charge in [0.2, 0.25) is 5.91 Å². The lowest BCUT2D eigenvalue weighted by Gasteiger charge is -2.21. The van der Waals surface area contributed by atoms with Crippen molar-refractivity contribution in [2.75, 3.05) is 37.5 Å². The number of anilines is 2. The van der Waals surface area contributed by atoms with Gasteiger partial charge < -0.3 is 20.5 Å². The van der Waals surface area contributed by atoms with E-state index in [0.29, 0.717) is 23.9 Å². The molecule has 19 heavy (non-hydrogen) atoms. The minimum absolute atomic E-state index is 0.0612. The lowest BCUT2D eigenvalue weighted by atomic mass is 10.0. The summed E-state index contributed by atoms with van der Waals surface area (Å²) >= 11 is 0. The fraction of sp³-hybridized carbons (Fsp3) is 0.500. The summed E-state index contributed by atoms with van der Waals surface area (Å²) in [7, 11) is 0. The summed E-state index contributed by atoms with van der Waals surface area (Å²) in [4.78, 5) is 11.7. The number of hydrogen-bond donors (Lipinski definition) is 2. The standard InChI is InChI=1S/C14H20N2O3/c15-12-3-1-2-4-13(12)16-14(17)10-19-9-11-5-7-18-8-6-11/h1-4,11H,5-10,15H2,(H,16,17). The number of para-hydroxylation sites is 2. The zero-order valence-corrected chi connectivity index (χ0v) is 10.9. The molecule has 1 fully saturated rings. The molecule has 1 heterocycles. The molecule has 3 N–H and O–H groups in total. The number of carbonyl (C=O) groups is 1. The Kier molecular flexibility index (Phi) is 5.18. The van der Waals surface area contributed by atoms with Crippen LogP contribution in [-0.2, 0) is 14.3 Å². The molecule has 1 aromatic carbocycles. The van der Waals surface area contributed by atoms with E-state index in [4.69, 9.17) is 15.2 Å². The number of hydrogen-bond acceptors (Lipinski definition) is 4. The van der Waals surface area contributed by atoms with E-state index in [0.717, 1.165) is 26.1 Å². The minimum Gasteiger partial charge on any atom is -0.397 e. The Morgan fingerprint density at radius 3 is 2.84 bits per heavy atom. The fourth-order valence-corrected chi connectivity index (χ4v) is 2.03. The molecule has 1 aliphatic rings. The number of nitrogens with one attached hydrogen (secondary N) is 1. The van der Waals surface area contributed by atoms with Crippen molar-refractivity contribution in [1.82, 2.24) is 0 Å². The predicted molar refractivity (Wildman–Crippen MR) is 73.8 cm³/mol. The van der Waals surface area contributed by atoms with Crippen molar-refractivity contribution in [1.29, 1.82) is 0 Å². The van der Waals surface area contributed by atoms with E-state index in [9.17, 15) is 4.79 Å². The topological polar surface area (TPSA) is 73.6 Å². The van der Waals surface area contributed by atoms with Crippen LogP contribution in [0.2, 0.25) is 0 Å². The molecule has 0 aliphatic carbocycles. The molecule has 5 nitrogen and oxygen atoms in total. The molecule has 1 amide bonds. The Hall–Kier alpha value is -1.59. The van der Waals surface area contributed by atoms with Gasteiger partial charge >= 0.3 is 0 Å². The highest BCUT2D eigenvalue weighted by atomic mass is 16.5. The SMILES string of the molecule is Nc1ccccc1NC(=O)COCC1CCOCC1. The first-order chi connectivity index (χ1) is 9.25. The quantitative estimate of drug-likeness (QED) is 0.793. The van der Waals surface area contributed by atoms with E-state index in [-0.39, 0.29) is 12.5 Å². The Labute approximate surface area is 113 Å². The van der Waals surface area contributed by atoms with Gasteiger partial charge in [-0.25, -0.2) is 0 Å². The van der Waals surface area contributed by atoms with Crippen LogP contribution in [0, 0.1) is 5.92 Å². The molecule has 1 aliphatic heterocycles. The van der Waals surface area contributed by atoms with Gasteiger partial charge in [-0.1, -0.05) is 12.1 Å². The number of rotatable bonds is 5. The first kappa shape index (κ1) is 13.8. The molecule has 104 valence electrons. The molecule has 0 spiro atoms. The van der Waals surface area contributed by atoms with Crippen LogP contribution in [-0.4, -0.2) is 32.3 Å². The Morgan fingerprint density at radius 2 is 2.11 bits per heavy atom. The minimum atomic E-state index is -0.176. The van der Waals surface area contributed by atoms with Crippen LogP contribution in [0.5, 0.6) is 0 Å². The summed E-state index contributed by atoms with van der Waals surface area (Å²) in [5.74, 6) is 0.327. The molecular weight excluding hydrogens is 244 g/mol. The molecule has 1 aromatic rings. The highest BCUT2D eigenvalue weighted by molar-refractivity contribution is 5.94. The van der Waals surface area contributed by atoms with Crippen molar-refractivity contribution in [3.63, 3.8) is 0 Å². The summed E-state index contributed by atoms with van der Waals surface area (Å²) < 4.78 is 10.7. The molecule has 0 unspecified atom stereocenters. The zero-order valence-electron chi connectivity index (χ0n) is 10.9. The lowest BCUT2D eigenvalue weighted by molar-refractivity contribution is -0.121. The van der Waals surface area contributed by atoms with Gasteiger partial charge in [-0.05, 0) is 30.9 Å². The van der Waals surface area contributed by atoms with Crippen molar-refractivity contribution >= 4 is 17.3 Å². The van der Waals surface area contributed by atoms with Crippen LogP contribution >= 0.6 is 0 Å². The van der Waals surface area contributed by atoms with Crippen LogP contribution in [0.15, 0.2) is 24.3 Å². The van der Waals surface area contributed by atoms with E-state index < -0.39 is 0 Å². The number of nitrogens with two attached hydrogens (primary N) is 1. The molecule has 0 saturated carbocycles. The number of carbonyl (C=O) groups excluding carboxylic acids is 1. The summed E-state index contributed by atoms with van der Waals surface area (Å²) in [6, 6.07) is 7.17. The molecule has 0 bridgehead atoms. The summed E-state index contributed by atoms with van der Waals surface area (Å²) in [5, 5.41) is 2.73. The molecule has 1 saturated heterocycles. The van der Waals surface area contributed by atoms with E-state index >= 15 is 0 Å². The average Bonchev–Trinajstić information content (AvgIpc) is 2.43. The number of ether oxygens (including phenoxy) is 2. The number of amides is 1. The van der Waals surface area contributed by atoms with Gasteiger partial charge in [-0.15, -0.1) is 0 Å². The van der Waals surface area contributed by atoms with Crippen molar-refractivity contribution < 1.29 is 14.3 Å². The second-order valence-corrected chi connectivity index (χ2v) is 4.71. The van der Waals surface area contributed by atoms with Gasteiger partial charge in [0, 0.05) is 13.2 Å². The van der Waals surface area contributed by atoms with Crippen LogP contribution in [0.3, 0.4) is 0 Å². The van der Waals surface area contributed by atoms with Gasteiger partial charge in [0.05, 0.1) is 18.0 Å². The van der Waals surface area contributed by atoms with Gasteiger partial charge in [0.15, 0.2) is 0 Å². The van der Waals surface area contributed by atoms with Crippen LogP contribution < -0.4 is 11.1 Å². The maximum Gasteiger partial charge on any atom is 0.250 e. The Morgan fingerprint density at radius 1 is 1.37 bits per heavy atom. The summed E-state index contributed by atoms with van der Waals surface area (Å²) in [6.07, 6.45) is 2.01. The number of benzene rings is 1. The lowest BCUT2D eigenvalue weighted by Crippen LogP contribution is -2.24. The molecular formula is C14H20N2O3. The van der Waals surface area contributed by atoms with E-state index in [1.54, 1.807) is 12.1 Å². The van der Waals surface area contributed by atoms with Crippen molar-refractivity contribution in [3.8, 4) is 0 Å². The molecule has 0 atom stereocenters. The third-order valence-corrected chi connectivity index (χ3v) is 3.16. The zero-order chi connectivity index (χ0) is 13.5. The van der Waals surface area contributed by atoms with Gasteiger partial charge in [-0.3, -0.25) is 4.79 Å². The largest absolute Gasteiger partial charge is 0.397 e. The Bertz CT molecular complexity index is 417. The van der Waals surface area contributed by atoms with Crippen molar-refractivity contribution in [3.05, 3.63) is 24.3 Å². The van der Waals surface area contributed by atoms with Crippen LogP contribution in [0.1, 0.15) is 12.8 Å². The first-order valence-electron chi connectivity index (χ1n) is 6.55.